The van der Waals surface area contributed by atoms with Crippen LogP contribution in [0.15, 0.2) is 24.4 Å². The van der Waals surface area contributed by atoms with Crippen molar-refractivity contribution in [1.82, 2.24) is 15.2 Å². The molecule has 2 aliphatic rings. The summed E-state index contributed by atoms with van der Waals surface area (Å²) < 4.78 is 5.43. The van der Waals surface area contributed by atoms with Crippen LogP contribution in [0, 0.1) is 5.92 Å². The molecule has 1 N–H and O–H groups in total. The van der Waals surface area contributed by atoms with Crippen LogP contribution in [0.5, 0.6) is 0 Å². The van der Waals surface area contributed by atoms with Gasteiger partial charge in [-0.15, -0.1) is 0 Å². The summed E-state index contributed by atoms with van der Waals surface area (Å²) in [6.07, 6.45) is 7.73. The number of rotatable bonds is 5. The molecule has 5 heteroatoms. The van der Waals surface area contributed by atoms with Gasteiger partial charge in [-0.3, -0.25) is 9.78 Å². The van der Waals surface area contributed by atoms with Crippen molar-refractivity contribution < 1.29 is 9.53 Å². The van der Waals surface area contributed by atoms with Crippen molar-refractivity contribution in [2.45, 2.75) is 51.1 Å². The lowest BCUT2D eigenvalue weighted by Crippen LogP contribution is -2.41. The summed E-state index contributed by atoms with van der Waals surface area (Å²) in [7, 11) is 0. The molecule has 1 aromatic rings. The number of amides is 1. The maximum absolute atomic E-state index is 13.1. The molecule has 0 radical (unpaired) electrons. The van der Waals surface area contributed by atoms with Gasteiger partial charge in [0.05, 0.1) is 12.2 Å². The summed E-state index contributed by atoms with van der Waals surface area (Å²) in [6.45, 7) is 4.28. The third-order valence-corrected chi connectivity index (χ3v) is 5.17. The number of hydrogen-bond acceptors (Lipinski definition) is 4. The summed E-state index contributed by atoms with van der Waals surface area (Å²) in [5, 5.41) is 3.45. The van der Waals surface area contributed by atoms with Crippen molar-refractivity contribution in [2.75, 3.05) is 26.3 Å². The molecule has 0 aliphatic carbocycles. The van der Waals surface area contributed by atoms with Crippen molar-refractivity contribution in [3.8, 4) is 0 Å². The van der Waals surface area contributed by atoms with Gasteiger partial charge in [-0.1, -0.05) is 6.07 Å². The second-order valence-corrected chi connectivity index (χ2v) is 6.94. The fourth-order valence-electron chi connectivity index (χ4n) is 3.71. The SMILES string of the molecule is O=C(CC1CCOCC1)N(Cc1ccccn1)C1CCCNCC1. The topological polar surface area (TPSA) is 54.5 Å². The molecule has 3 heterocycles. The van der Waals surface area contributed by atoms with Crippen molar-refractivity contribution in [3.05, 3.63) is 30.1 Å². The van der Waals surface area contributed by atoms with E-state index in [1.165, 1.54) is 0 Å². The van der Waals surface area contributed by atoms with Crippen LogP contribution >= 0.6 is 0 Å². The van der Waals surface area contributed by atoms with E-state index in [4.69, 9.17) is 4.74 Å². The largest absolute Gasteiger partial charge is 0.381 e. The Morgan fingerprint density at radius 1 is 1.21 bits per heavy atom. The molecule has 2 fully saturated rings. The highest BCUT2D eigenvalue weighted by Gasteiger charge is 2.27. The molecule has 132 valence electrons. The van der Waals surface area contributed by atoms with Crippen LogP contribution in [0.2, 0.25) is 0 Å². The Kier molecular flexibility index (Phi) is 6.61. The van der Waals surface area contributed by atoms with Gasteiger partial charge in [-0.2, -0.15) is 0 Å². The first-order valence-corrected chi connectivity index (χ1v) is 9.31. The third-order valence-electron chi connectivity index (χ3n) is 5.17. The van der Waals surface area contributed by atoms with Gasteiger partial charge >= 0.3 is 0 Å². The van der Waals surface area contributed by atoms with Gasteiger partial charge in [0.25, 0.3) is 0 Å². The fourth-order valence-corrected chi connectivity index (χ4v) is 3.71. The fraction of sp³-hybridized carbons (Fsp3) is 0.684. The molecule has 1 unspecified atom stereocenters. The Labute approximate surface area is 144 Å². The van der Waals surface area contributed by atoms with E-state index in [0.29, 0.717) is 30.8 Å². The van der Waals surface area contributed by atoms with E-state index in [1.807, 2.05) is 24.4 Å². The number of nitrogens with one attached hydrogen (secondary N) is 1. The average molecular weight is 331 g/mol. The monoisotopic (exact) mass is 331 g/mol. The summed E-state index contributed by atoms with van der Waals surface area (Å²) in [4.78, 5) is 19.6. The minimum Gasteiger partial charge on any atom is -0.381 e. The van der Waals surface area contributed by atoms with Crippen LogP contribution in [-0.4, -0.2) is 48.1 Å². The van der Waals surface area contributed by atoms with Gasteiger partial charge in [-0.05, 0) is 63.2 Å². The quantitative estimate of drug-likeness (QED) is 0.900. The van der Waals surface area contributed by atoms with Gasteiger partial charge in [0.1, 0.15) is 0 Å². The highest BCUT2D eigenvalue weighted by molar-refractivity contribution is 5.76. The number of nitrogens with zero attached hydrogens (tertiary/aromatic N) is 2. The molecule has 3 rings (SSSR count). The van der Waals surface area contributed by atoms with Crippen LogP contribution in [-0.2, 0) is 16.1 Å². The number of carbonyl (C=O) groups excluding carboxylic acids is 1. The number of carbonyl (C=O) groups is 1. The van der Waals surface area contributed by atoms with Crippen LogP contribution < -0.4 is 5.32 Å². The first kappa shape index (κ1) is 17.4. The standard InChI is InChI=1S/C19H29N3O2/c23-19(14-16-7-12-24-13-8-16)22(15-17-4-1-2-10-21-17)18-5-3-9-20-11-6-18/h1-2,4,10,16,18,20H,3,5-9,11-15H2. The van der Waals surface area contributed by atoms with E-state index in [1.54, 1.807) is 0 Å². The van der Waals surface area contributed by atoms with E-state index >= 15 is 0 Å². The van der Waals surface area contributed by atoms with Gasteiger partial charge in [0.2, 0.25) is 5.91 Å². The molecular weight excluding hydrogens is 302 g/mol. The van der Waals surface area contributed by atoms with E-state index < -0.39 is 0 Å². The van der Waals surface area contributed by atoms with Gasteiger partial charge in [0.15, 0.2) is 0 Å². The Morgan fingerprint density at radius 2 is 2.08 bits per heavy atom. The Morgan fingerprint density at radius 3 is 2.88 bits per heavy atom. The van der Waals surface area contributed by atoms with E-state index in [0.717, 1.165) is 64.1 Å². The maximum atomic E-state index is 13.1. The van der Waals surface area contributed by atoms with Gasteiger partial charge < -0.3 is 15.0 Å². The van der Waals surface area contributed by atoms with E-state index in [-0.39, 0.29) is 0 Å². The molecule has 0 spiro atoms. The molecule has 24 heavy (non-hydrogen) atoms. The predicted molar refractivity (Wildman–Crippen MR) is 93.5 cm³/mol. The van der Waals surface area contributed by atoms with Crippen LogP contribution in [0.4, 0.5) is 0 Å². The highest BCUT2D eigenvalue weighted by atomic mass is 16.5. The number of pyridine rings is 1. The van der Waals surface area contributed by atoms with Crippen LogP contribution in [0.1, 0.15) is 44.2 Å². The summed E-state index contributed by atoms with van der Waals surface area (Å²) >= 11 is 0. The Bertz CT molecular complexity index is 495. The normalized spacial score (nSPS) is 22.8. The van der Waals surface area contributed by atoms with Crippen LogP contribution in [0.25, 0.3) is 0 Å². The van der Waals surface area contributed by atoms with Crippen molar-refractivity contribution in [1.29, 1.82) is 0 Å². The van der Waals surface area contributed by atoms with E-state index in [2.05, 4.69) is 15.2 Å². The predicted octanol–water partition coefficient (Wildman–Crippen LogP) is 2.37. The summed E-state index contributed by atoms with van der Waals surface area (Å²) in [5.41, 5.74) is 0.982. The molecule has 0 aromatic carbocycles. The highest BCUT2D eigenvalue weighted by Crippen LogP contribution is 2.23. The smallest absolute Gasteiger partial charge is 0.223 e. The maximum Gasteiger partial charge on any atom is 0.223 e. The van der Waals surface area contributed by atoms with E-state index in [9.17, 15) is 4.79 Å². The molecule has 1 aromatic heterocycles. The molecular formula is C19H29N3O2. The molecule has 1 atom stereocenters. The molecule has 0 saturated carbocycles. The lowest BCUT2D eigenvalue weighted by atomic mass is 9.95. The van der Waals surface area contributed by atoms with Crippen molar-refractivity contribution >= 4 is 5.91 Å². The molecule has 5 nitrogen and oxygen atoms in total. The molecule has 0 bridgehead atoms. The lowest BCUT2D eigenvalue weighted by Gasteiger charge is -2.33. The second-order valence-electron chi connectivity index (χ2n) is 6.94. The summed E-state index contributed by atoms with van der Waals surface area (Å²) in [5.74, 6) is 0.765. The first-order chi connectivity index (χ1) is 11.8. The minimum atomic E-state index is 0.291. The molecule has 2 saturated heterocycles. The zero-order chi connectivity index (χ0) is 16.6. The summed E-state index contributed by atoms with van der Waals surface area (Å²) in [6, 6.07) is 6.27. The second kappa shape index (κ2) is 9.14. The number of ether oxygens (including phenoxy) is 1. The number of aromatic nitrogens is 1. The molecule has 1 amide bonds. The Hall–Kier alpha value is -1.46. The van der Waals surface area contributed by atoms with Gasteiger partial charge in [-0.25, -0.2) is 0 Å². The average Bonchev–Trinajstić information content (AvgIpc) is 2.90. The zero-order valence-electron chi connectivity index (χ0n) is 14.5. The third kappa shape index (κ3) is 5.02. The minimum absolute atomic E-state index is 0.291. The van der Waals surface area contributed by atoms with Crippen LogP contribution in [0.3, 0.4) is 0 Å². The molecule has 2 aliphatic heterocycles. The first-order valence-electron chi connectivity index (χ1n) is 9.31. The van der Waals surface area contributed by atoms with Gasteiger partial charge in [0, 0.05) is 31.9 Å². The zero-order valence-corrected chi connectivity index (χ0v) is 14.5. The van der Waals surface area contributed by atoms with Crippen molar-refractivity contribution in [2.24, 2.45) is 5.92 Å². The Balaban J connectivity index is 1.68. The number of hydrogen-bond donors (Lipinski definition) is 1. The van der Waals surface area contributed by atoms with Crippen molar-refractivity contribution in [3.63, 3.8) is 0 Å². The lowest BCUT2D eigenvalue weighted by molar-refractivity contribution is -0.136.